The highest BCUT2D eigenvalue weighted by molar-refractivity contribution is 5.80. The number of guanidine groups is 1. The number of hydrogen-bond donors (Lipinski definition) is 1. The molecule has 3 saturated heterocycles. The summed E-state index contributed by atoms with van der Waals surface area (Å²) in [6.45, 7) is 6.31. The van der Waals surface area contributed by atoms with E-state index < -0.39 is 0 Å². The van der Waals surface area contributed by atoms with E-state index in [1.165, 1.54) is 25.7 Å². The Hall–Kier alpha value is -0.810. The van der Waals surface area contributed by atoms with E-state index in [4.69, 9.17) is 9.73 Å². The molecule has 3 heterocycles. The van der Waals surface area contributed by atoms with Gasteiger partial charge in [-0.2, -0.15) is 0 Å². The minimum Gasteiger partial charge on any atom is -0.374 e. The third kappa shape index (κ3) is 2.98. The van der Waals surface area contributed by atoms with E-state index in [0.29, 0.717) is 18.2 Å². The predicted octanol–water partition coefficient (Wildman–Crippen LogP) is 1.40. The molecular weight excluding hydrogens is 288 g/mol. The lowest BCUT2D eigenvalue weighted by Gasteiger charge is -2.26. The number of hydrogen-bond acceptors (Lipinski definition) is 3. The highest BCUT2D eigenvalue weighted by atomic mass is 16.5. The molecule has 5 atom stereocenters. The van der Waals surface area contributed by atoms with Crippen molar-refractivity contribution in [2.45, 2.75) is 50.9 Å². The smallest absolute Gasteiger partial charge is 0.193 e. The van der Waals surface area contributed by atoms with Crippen LogP contribution in [0.4, 0.5) is 0 Å². The fraction of sp³-hybridized carbons (Fsp3) is 0.944. The average molecular weight is 320 g/mol. The monoisotopic (exact) mass is 320 g/mol. The van der Waals surface area contributed by atoms with Crippen LogP contribution >= 0.6 is 0 Å². The molecular formula is C18H32N4O. The van der Waals surface area contributed by atoms with E-state index in [1.807, 2.05) is 0 Å². The topological polar surface area (TPSA) is 40.1 Å². The minimum absolute atomic E-state index is 0.527. The molecule has 0 aromatic heterocycles. The van der Waals surface area contributed by atoms with E-state index in [1.54, 1.807) is 0 Å². The normalized spacial score (nSPS) is 37.6. The molecule has 23 heavy (non-hydrogen) atoms. The van der Waals surface area contributed by atoms with Gasteiger partial charge < -0.3 is 19.9 Å². The summed E-state index contributed by atoms with van der Waals surface area (Å²) in [5.41, 5.74) is 0. The Morgan fingerprint density at radius 2 is 1.83 bits per heavy atom. The lowest BCUT2D eigenvalue weighted by Crippen LogP contribution is -2.42. The van der Waals surface area contributed by atoms with Crippen LogP contribution in [0.3, 0.4) is 0 Å². The highest BCUT2D eigenvalue weighted by Gasteiger charge is 2.53. The molecule has 5 unspecified atom stereocenters. The lowest BCUT2D eigenvalue weighted by molar-refractivity contribution is 0.0767. The van der Waals surface area contributed by atoms with Gasteiger partial charge in [0.2, 0.25) is 0 Å². The van der Waals surface area contributed by atoms with Crippen LogP contribution in [0.5, 0.6) is 0 Å². The number of fused-ring (bicyclic) bond motifs is 5. The Morgan fingerprint density at radius 3 is 2.35 bits per heavy atom. The highest BCUT2D eigenvalue weighted by Crippen LogP contribution is 2.47. The van der Waals surface area contributed by atoms with Gasteiger partial charge in [0.15, 0.2) is 5.96 Å². The summed E-state index contributed by atoms with van der Waals surface area (Å²) in [4.78, 5) is 9.89. The number of likely N-dealkylation sites (tertiary alicyclic amines) is 1. The van der Waals surface area contributed by atoms with Gasteiger partial charge in [-0.15, -0.1) is 0 Å². The zero-order chi connectivity index (χ0) is 16.0. The third-order valence-electron chi connectivity index (χ3n) is 6.34. The van der Waals surface area contributed by atoms with Crippen LogP contribution in [0.2, 0.25) is 0 Å². The van der Waals surface area contributed by atoms with Gasteiger partial charge in [-0.05, 0) is 52.6 Å². The SMILES string of the molecule is CCNC(=NCC(C1CC1)N(C)C)N1CC2C3CCC(O3)C2C1. The van der Waals surface area contributed by atoms with Gasteiger partial charge >= 0.3 is 0 Å². The van der Waals surface area contributed by atoms with Crippen LogP contribution in [-0.4, -0.2) is 74.3 Å². The summed E-state index contributed by atoms with van der Waals surface area (Å²) in [5.74, 6) is 3.48. The number of nitrogens with one attached hydrogen (secondary N) is 1. The van der Waals surface area contributed by atoms with Crippen molar-refractivity contribution in [3.8, 4) is 0 Å². The van der Waals surface area contributed by atoms with Crippen molar-refractivity contribution in [1.82, 2.24) is 15.1 Å². The summed E-state index contributed by atoms with van der Waals surface area (Å²) in [7, 11) is 4.39. The first-order chi connectivity index (χ1) is 11.2. The molecule has 0 radical (unpaired) electrons. The third-order valence-corrected chi connectivity index (χ3v) is 6.34. The molecule has 0 amide bonds. The summed E-state index contributed by atoms with van der Waals surface area (Å²) in [6.07, 6.45) is 6.36. The first-order valence-electron chi connectivity index (χ1n) is 9.52. The van der Waals surface area contributed by atoms with Crippen molar-refractivity contribution in [3.63, 3.8) is 0 Å². The van der Waals surface area contributed by atoms with E-state index >= 15 is 0 Å². The van der Waals surface area contributed by atoms with E-state index in [9.17, 15) is 0 Å². The number of ether oxygens (including phenoxy) is 1. The molecule has 4 fully saturated rings. The molecule has 5 heteroatoms. The van der Waals surface area contributed by atoms with Crippen molar-refractivity contribution in [2.75, 3.05) is 40.3 Å². The molecule has 0 spiro atoms. The molecule has 1 N–H and O–H groups in total. The van der Waals surface area contributed by atoms with Gasteiger partial charge in [0.1, 0.15) is 0 Å². The van der Waals surface area contributed by atoms with Crippen LogP contribution in [-0.2, 0) is 4.74 Å². The Kier molecular flexibility index (Phi) is 4.26. The molecule has 4 rings (SSSR count). The summed E-state index contributed by atoms with van der Waals surface area (Å²) in [6, 6.07) is 0.602. The molecule has 1 aliphatic carbocycles. The summed E-state index contributed by atoms with van der Waals surface area (Å²) < 4.78 is 6.10. The van der Waals surface area contributed by atoms with Crippen LogP contribution < -0.4 is 5.32 Å². The first kappa shape index (κ1) is 15.7. The predicted molar refractivity (Wildman–Crippen MR) is 92.6 cm³/mol. The number of nitrogens with zero attached hydrogens (tertiary/aromatic N) is 3. The Morgan fingerprint density at radius 1 is 1.17 bits per heavy atom. The van der Waals surface area contributed by atoms with Crippen molar-refractivity contribution in [3.05, 3.63) is 0 Å². The molecule has 1 saturated carbocycles. The molecule has 5 nitrogen and oxygen atoms in total. The maximum absolute atomic E-state index is 6.10. The largest absolute Gasteiger partial charge is 0.374 e. The second-order valence-corrected chi connectivity index (χ2v) is 8.09. The van der Waals surface area contributed by atoms with Crippen molar-refractivity contribution >= 4 is 5.96 Å². The Bertz CT molecular complexity index is 442. The quantitative estimate of drug-likeness (QED) is 0.614. The van der Waals surface area contributed by atoms with Gasteiger partial charge in [-0.25, -0.2) is 0 Å². The zero-order valence-electron chi connectivity index (χ0n) is 14.9. The average Bonchev–Trinajstić information content (AvgIpc) is 2.99. The Labute approximate surface area is 140 Å². The van der Waals surface area contributed by atoms with Crippen LogP contribution in [0, 0.1) is 17.8 Å². The summed E-state index contributed by atoms with van der Waals surface area (Å²) >= 11 is 0. The fourth-order valence-corrected chi connectivity index (χ4v) is 4.95. The second kappa shape index (κ2) is 6.25. The van der Waals surface area contributed by atoms with E-state index in [0.717, 1.165) is 49.9 Å². The van der Waals surface area contributed by atoms with Crippen LogP contribution in [0.15, 0.2) is 4.99 Å². The fourth-order valence-electron chi connectivity index (χ4n) is 4.95. The summed E-state index contributed by atoms with van der Waals surface area (Å²) in [5, 5.41) is 3.53. The standard InChI is InChI=1S/C18H32N4O/c1-4-19-18(20-9-15(21(2)3)12-5-6-12)22-10-13-14(11-22)17-8-7-16(13)23-17/h12-17H,4-11H2,1-3H3,(H,19,20). The van der Waals surface area contributed by atoms with Crippen LogP contribution in [0.25, 0.3) is 0 Å². The number of aliphatic imine (C=N–C) groups is 1. The minimum atomic E-state index is 0.527. The number of rotatable bonds is 5. The molecule has 130 valence electrons. The van der Waals surface area contributed by atoms with Gasteiger partial charge in [-0.3, -0.25) is 4.99 Å². The van der Waals surface area contributed by atoms with Crippen molar-refractivity contribution < 1.29 is 4.74 Å². The van der Waals surface area contributed by atoms with Gasteiger partial charge in [-0.1, -0.05) is 0 Å². The Balaban J connectivity index is 1.42. The number of likely N-dealkylation sites (N-methyl/N-ethyl adjacent to an activating group) is 1. The van der Waals surface area contributed by atoms with Gasteiger partial charge in [0, 0.05) is 37.5 Å². The zero-order valence-corrected chi connectivity index (χ0v) is 14.9. The van der Waals surface area contributed by atoms with Crippen molar-refractivity contribution in [1.29, 1.82) is 0 Å². The molecule has 2 bridgehead atoms. The maximum atomic E-state index is 6.10. The molecule has 0 aromatic carbocycles. The van der Waals surface area contributed by atoms with Gasteiger partial charge in [0.05, 0.1) is 18.8 Å². The van der Waals surface area contributed by atoms with E-state index in [2.05, 4.69) is 36.1 Å². The molecule has 4 aliphatic rings. The van der Waals surface area contributed by atoms with Crippen LogP contribution in [0.1, 0.15) is 32.6 Å². The van der Waals surface area contributed by atoms with E-state index in [-0.39, 0.29) is 0 Å². The molecule has 3 aliphatic heterocycles. The maximum Gasteiger partial charge on any atom is 0.193 e. The molecule has 0 aromatic rings. The van der Waals surface area contributed by atoms with Gasteiger partial charge in [0.25, 0.3) is 0 Å². The lowest BCUT2D eigenvalue weighted by atomic mass is 9.82. The van der Waals surface area contributed by atoms with Crippen molar-refractivity contribution in [2.24, 2.45) is 22.7 Å². The second-order valence-electron chi connectivity index (χ2n) is 8.09. The first-order valence-corrected chi connectivity index (χ1v) is 9.52.